The highest BCUT2D eigenvalue weighted by atomic mass is 32.2. The maximum Gasteiger partial charge on any atom is 0.430 e. The SMILES string of the molecule is CC1(CC(=O)Cc2ccncc2)CCC(c2ccc(C(O)(C(F)(F)F)C(F)(F)F)cc2)(S(=O)(=O)c2ccc(F)cc2)CC1. The van der Waals surface area contributed by atoms with E-state index in [0.29, 0.717) is 12.1 Å². The number of aromatic nitrogens is 1. The van der Waals surface area contributed by atoms with Crippen LogP contribution in [0.1, 0.15) is 55.7 Å². The molecule has 0 spiro atoms. The number of sulfone groups is 1. The molecule has 4 rings (SSSR count). The maximum atomic E-state index is 14.1. The van der Waals surface area contributed by atoms with Crippen LogP contribution in [0.25, 0.3) is 0 Å². The van der Waals surface area contributed by atoms with Gasteiger partial charge in [0.25, 0.3) is 5.60 Å². The number of hydrogen-bond donors (Lipinski definition) is 1. The first-order chi connectivity index (χ1) is 19.8. The van der Waals surface area contributed by atoms with E-state index < -0.39 is 49.3 Å². The molecule has 1 N–H and O–H groups in total. The molecule has 3 aromatic rings. The topological polar surface area (TPSA) is 84.3 Å². The zero-order valence-electron chi connectivity index (χ0n) is 22.8. The van der Waals surface area contributed by atoms with Crippen molar-refractivity contribution < 1.29 is 49.1 Å². The summed E-state index contributed by atoms with van der Waals surface area (Å²) in [5.41, 5.74) is -6.67. The number of Topliss-reactive ketones (excluding diaryl/α,β-unsaturated/α-hetero) is 1. The molecule has 0 bridgehead atoms. The lowest BCUT2D eigenvalue weighted by molar-refractivity contribution is -0.376. The number of benzene rings is 2. The van der Waals surface area contributed by atoms with Crippen molar-refractivity contribution in [2.45, 2.75) is 73.0 Å². The van der Waals surface area contributed by atoms with Crippen molar-refractivity contribution in [3.63, 3.8) is 0 Å². The summed E-state index contributed by atoms with van der Waals surface area (Å²) in [4.78, 5) is 16.5. The Kier molecular flexibility index (Phi) is 8.57. The van der Waals surface area contributed by atoms with Crippen LogP contribution < -0.4 is 0 Å². The van der Waals surface area contributed by atoms with E-state index in [0.717, 1.165) is 42.0 Å². The van der Waals surface area contributed by atoms with Crippen LogP contribution in [0.2, 0.25) is 0 Å². The van der Waals surface area contributed by atoms with Gasteiger partial charge in [-0.2, -0.15) is 26.3 Å². The number of pyridine rings is 1. The lowest BCUT2D eigenvalue weighted by Crippen LogP contribution is -2.54. The molecule has 0 unspecified atom stereocenters. The first-order valence-corrected chi connectivity index (χ1v) is 14.7. The number of alkyl halides is 6. The summed E-state index contributed by atoms with van der Waals surface area (Å²) in [6, 6.07) is 9.87. The van der Waals surface area contributed by atoms with Gasteiger partial charge in [-0.3, -0.25) is 9.78 Å². The first-order valence-electron chi connectivity index (χ1n) is 13.2. The number of ketones is 1. The fourth-order valence-electron chi connectivity index (χ4n) is 5.76. The van der Waals surface area contributed by atoms with Crippen LogP contribution in [0.3, 0.4) is 0 Å². The first kappa shape index (κ1) is 32.6. The average Bonchev–Trinajstić information content (AvgIpc) is 2.92. The van der Waals surface area contributed by atoms with Crippen molar-refractivity contribution in [2.75, 3.05) is 0 Å². The van der Waals surface area contributed by atoms with Crippen LogP contribution in [0, 0.1) is 11.2 Å². The van der Waals surface area contributed by atoms with Gasteiger partial charge in [-0.15, -0.1) is 0 Å². The third-order valence-electron chi connectivity index (χ3n) is 8.33. The number of rotatable bonds is 8. The second-order valence-electron chi connectivity index (χ2n) is 11.3. The molecule has 0 amide bonds. The second-order valence-corrected chi connectivity index (χ2v) is 13.6. The van der Waals surface area contributed by atoms with Gasteiger partial charge in [0.15, 0.2) is 9.84 Å². The lowest BCUT2D eigenvalue weighted by atomic mass is 9.67. The van der Waals surface area contributed by atoms with Crippen molar-refractivity contribution in [1.82, 2.24) is 4.98 Å². The van der Waals surface area contributed by atoms with Crippen LogP contribution in [0.5, 0.6) is 0 Å². The molecule has 1 saturated carbocycles. The molecule has 232 valence electrons. The molecule has 0 aliphatic heterocycles. The molecular formula is C30H28F7NO4S. The van der Waals surface area contributed by atoms with Crippen LogP contribution in [-0.2, 0) is 31.4 Å². The van der Waals surface area contributed by atoms with Crippen molar-refractivity contribution in [1.29, 1.82) is 0 Å². The summed E-state index contributed by atoms with van der Waals surface area (Å²) in [5.74, 6) is -0.801. The van der Waals surface area contributed by atoms with Crippen molar-refractivity contribution >= 4 is 15.6 Å². The van der Waals surface area contributed by atoms with E-state index >= 15 is 0 Å². The number of aliphatic hydroxyl groups is 1. The average molecular weight is 632 g/mol. The van der Waals surface area contributed by atoms with Gasteiger partial charge in [0.05, 0.1) is 4.90 Å². The normalized spacial score (nSPS) is 21.9. The Balaban J connectivity index is 1.72. The molecule has 43 heavy (non-hydrogen) atoms. The minimum Gasteiger partial charge on any atom is -0.369 e. The molecule has 0 atom stereocenters. The highest BCUT2D eigenvalue weighted by molar-refractivity contribution is 7.92. The maximum absolute atomic E-state index is 14.1. The largest absolute Gasteiger partial charge is 0.430 e. The zero-order chi connectivity index (χ0) is 31.9. The molecule has 1 aliphatic rings. The summed E-state index contributed by atoms with van der Waals surface area (Å²) < 4.78 is 121. The molecule has 2 aromatic carbocycles. The lowest BCUT2D eigenvalue weighted by Gasteiger charge is -2.45. The van der Waals surface area contributed by atoms with Gasteiger partial charge >= 0.3 is 12.4 Å². The molecule has 13 heteroatoms. The standard InChI is InChI=1S/C30H28F7NO4S/c1-26(19-24(39)18-20-10-16-38-17-11-20)12-14-27(15-13-26,43(41,42)25-8-6-23(31)7-9-25)21-2-4-22(5-3-21)28(40,29(32,33)34)30(35,36)37/h2-11,16-17,40H,12-15,18-19H2,1H3. The van der Waals surface area contributed by atoms with Crippen LogP contribution in [0.4, 0.5) is 30.7 Å². The van der Waals surface area contributed by atoms with Crippen molar-refractivity contribution in [2.24, 2.45) is 5.41 Å². The van der Waals surface area contributed by atoms with E-state index in [-0.39, 0.29) is 54.8 Å². The van der Waals surface area contributed by atoms with Crippen LogP contribution in [-0.4, -0.2) is 36.6 Å². The Morgan fingerprint density at radius 3 is 1.84 bits per heavy atom. The van der Waals surface area contributed by atoms with Crippen molar-refractivity contribution in [3.05, 3.63) is 95.6 Å². The second kappa shape index (κ2) is 11.3. The zero-order valence-corrected chi connectivity index (χ0v) is 23.7. The fourth-order valence-corrected chi connectivity index (χ4v) is 7.89. The van der Waals surface area contributed by atoms with E-state index in [4.69, 9.17) is 0 Å². The van der Waals surface area contributed by atoms with E-state index in [1.165, 1.54) is 0 Å². The molecular weight excluding hydrogens is 603 g/mol. The number of nitrogens with zero attached hydrogens (tertiary/aromatic N) is 1. The predicted molar refractivity (Wildman–Crippen MR) is 142 cm³/mol. The molecule has 5 nitrogen and oxygen atoms in total. The molecule has 1 heterocycles. The van der Waals surface area contributed by atoms with E-state index in [1.54, 1.807) is 24.5 Å². The molecule has 1 fully saturated rings. The van der Waals surface area contributed by atoms with Gasteiger partial charge in [0, 0.05) is 30.8 Å². The summed E-state index contributed by atoms with van der Waals surface area (Å²) in [6.45, 7) is 1.82. The van der Waals surface area contributed by atoms with Gasteiger partial charge < -0.3 is 5.11 Å². The van der Waals surface area contributed by atoms with Gasteiger partial charge in [0.1, 0.15) is 16.3 Å². The number of carbonyl (C=O) groups excluding carboxylic acids is 1. The minimum atomic E-state index is -6.11. The molecule has 0 saturated heterocycles. The molecule has 1 aromatic heterocycles. The van der Waals surface area contributed by atoms with Crippen LogP contribution >= 0.6 is 0 Å². The van der Waals surface area contributed by atoms with Gasteiger partial charge in [-0.25, -0.2) is 12.8 Å². The Bertz CT molecular complexity index is 1530. The third-order valence-corrected chi connectivity index (χ3v) is 10.9. The summed E-state index contributed by atoms with van der Waals surface area (Å²) in [5, 5.41) is 9.80. The fraction of sp³-hybridized carbons (Fsp3) is 0.400. The van der Waals surface area contributed by atoms with E-state index in [2.05, 4.69) is 4.98 Å². The Labute approximate surface area is 243 Å². The molecule has 0 radical (unpaired) electrons. The van der Waals surface area contributed by atoms with Gasteiger partial charge in [-0.1, -0.05) is 31.2 Å². The summed E-state index contributed by atoms with van der Waals surface area (Å²) in [6.07, 6.45) is -8.73. The Morgan fingerprint density at radius 2 is 1.35 bits per heavy atom. The highest BCUT2D eigenvalue weighted by Crippen LogP contribution is 2.54. The highest BCUT2D eigenvalue weighted by Gasteiger charge is 2.71. The predicted octanol–water partition coefficient (Wildman–Crippen LogP) is 6.98. The minimum absolute atomic E-state index is 0.0857. The third kappa shape index (κ3) is 6.06. The Hall–Kier alpha value is -3.32. The van der Waals surface area contributed by atoms with Gasteiger partial charge in [0.2, 0.25) is 0 Å². The monoisotopic (exact) mass is 631 g/mol. The summed E-state index contributed by atoms with van der Waals surface area (Å²) in [7, 11) is -4.39. The van der Waals surface area contributed by atoms with E-state index in [9.17, 15) is 49.1 Å². The van der Waals surface area contributed by atoms with Crippen molar-refractivity contribution in [3.8, 4) is 0 Å². The van der Waals surface area contributed by atoms with E-state index in [1.807, 2.05) is 6.92 Å². The van der Waals surface area contributed by atoms with Crippen LogP contribution in [0.15, 0.2) is 78.0 Å². The smallest absolute Gasteiger partial charge is 0.369 e. The Morgan fingerprint density at radius 1 is 0.837 bits per heavy atom. The number of hydrogen-bond acceptors (Lipinski definition) is 5. The van der Waals surface area contributed by atoms with Gasteiger partial charge in [-0.05, 0) is 78.6 Å². The quantitative estimate of drug-likeness (QED) is 0.214. The summed E-state index contributed by atoms with van der Waals surface area (Å²) >= 11 is 0. The molecule has 1 aliphatic carbocycles. The number of carbonyl (C=O) groups is 1. The number of halogens is 7.